The Morgan fingerprint density at radius 3 is 2.08 bits per heavy atom. The average Bonchev–Trinajstić information content (AvgIpc) is 2.67. The van der Waals surface area contributed by atoms with Gasteiger partial charge in [0.1, 0.15) is 4.90 Å². The van der Waals surface area contributed by atoms with Crippen molar-refractivity contribution in [3.8, 4) is 0 Å². The Morgan fingerprint density at radius 1 is 1.00 bits per heavy atom. The Balaban J connectivity index is 2.23. The highest BCUT2D eigenvalue weighted by Gasteiger charge is 2.34. The van der Waals surface area contributed by atoms with Gasteiger partial charge in [-0.2, -0.15) is 9.40 Å². The van der Waals surface area contributed by atoms with Crippen molar-refractivity contribution in [2.75, 3.05) is 31.9 Å². The van der Waals surface area contributed by atoms with Crippen molar-refractivity contribution in [3.05, 3.63) is 11.4 Å². The highest BCUT2D eigenvalue weighted by molar-refractivity contribution is 7.89. The molecule has 8 nitrogen and oxygen atoms in total. The molecule has 144 valence electrons. The number of rotatable bonds is 5. The summed E-state index contributed by atoms with van der Waals surface area (Å²) in [5.74, 6) is 0.120. The Morgan fingerprint density at radius 2 is 1.56 bits per heavy atom. The maximum atomic E-state index is 13.0. The van der Waals surface area contributed by atoms with Gasteiger partial charge >= 0.3 is 0 Å². The highest BCUT2D eigenvalue weighted by atomic mass is 32.2. The van der Waals surface area contributed by atoms with Crippen LogP contribution in [0.5, 0.6) is 0 Å². The van der Waals surface area contributed by atoms with E-state index < -0.39 is 20.0 Å². The summed E-state index contributed by atoms with van der Waals surface area (Å²) in [5.41, 5.74) is 1.06. The number of hydrogen-bond acceptors (Lipinski definition) is 5. The maximum absolute atomic E-state index is 13.0. The molecular formula is C15H28N4O4S2. The van der Waals surface area contributed by atoms with E-state index in [1.165, 1.54) is 8.61 Å². The van der Waals surface area contributed by atoms with E-state index in [1.54, 1.807) is 25.6 Å². The SMILES string of the molecule is Cc1nn(C)c(C)c1S(=O)(=O)N1CCCN(S(=O)(=O)CC(C)C)CC1. The van der Waals surface area contributed by atoms with Gasteiger partial charge in [-0.25, -0.2) is 21.1 Å². The fourth-order valence-electron chi connectivity index (χ4n) is 3.17. The van der Waals surface area contributed by atoms with Crippen LogP contribution in [0.25, 0.3) is 0 Å². The molecule has 1 aromatic rings. The molecule has 0 radical (unpaired) electrons. The summed E-state index contributed by atoms with van der Waals surface area (Å²) in [6.45, 7) is 8.14. The van der Waals surface area contributed by atoms with E-state index in [1.807, 2.05) is 13.8 Å². The van der Waals surface area contributed by atoms with E-state index in [0.717, 1.165) is 0 Å². The molecule has 0 aromatic carbocycles. The second-order valence-corrected chi connectivity index (χ2v) is 10.8. The van der Waals surface area contributed by atoms with Gasteiger partial charge in [0, 0.05) is 33.2 Å². The summed E-state index contributed by atoms with van der Waals surface area (Å²) < 4.78 is 55.3. The largest absolute Gasteiger partial charge is 0.271 e. The van der Waals surface area contributed by atoms with Crippen LogP contribution in [0.2, 0.25) is 0 Å². The van der Waals surface area contributed by atoms with E-state index in [2.05, 4.69) is 5.10 Å². The average molecular weight is 393 g/mol. The first kappa shape index (κ1) is 20.3. The van der Waals surface area contributed by atoms with Gasteiger partial charge in [-0.3, -0.25) is 4.68 Å². The molecule has 0 N–H and O–H groups in total. The van der Waals surface area contributed by atoms with Crippen LogP contribution >= 0.6 is 0 Å². The predicted octanol–water partition coefficient (Wildman–Crippen LogP) is 0.719. The van der Waals surface area contributed by atoms with Crippen molar-refractivity contribution in [1.29, 1.82) is 0 Å². The highest BCUT2D eigenvalue weighted by Crippen LogP contribution is 2.24. The molecule has 0 atom stereocenters. The molecule has 1 fully saturated rings. The monoisotopic (exact) mass is 392 g/mol. The first-order chi connectivity index (χ1) is 11.5. The van der Waals surface area contributed by atoms with Crippen LogP contribution in [0.3, 0.4) is 0 Å². The van der Waals surface area contributed by atoms with Crippen LogP contribution in [-0.2, 0) is 27.1 Å². The van der Waals surface area contributed by atoms with E-state index >= 15 is 0 Å². The lowest BCUT2D eigenvalue weighted by Gasteiger charge is -2.22. The van der Waals surface area contributed by atoms with Crippen molar-refractivity contribution >= 4 is 20.0 Å². The minimum Gasteiger partial charge on any atom is -0.271 e. The second kappa shape index (κ2) is 7.34. The Hall–Kier alpha value is -0.970. The first-order valence-corrected chi connectivity index (χ1v) is 11.5. The first-order valence-electron chi connectivity index (χ1n) is 8.45. The molecule has 0 bridgehead atoms. The molecule has 25 heavy (non-hydrogen) atoms. The van der Waals surface area contributed by atoms with Crippen LogP contribution < -0.4 is 0 Å². The zero-order chi connectivity index (χ0) is 19.0. The number of aryl methyl sites for hydroxylation is 2. The van der Waals surface area contributed by atoms with E-state index in [4.69, 9.17) is 0 Å². The standard InChI is InChI=1S/C15H28N4O4S2/c1-12(2)11-24(20,21)18-7-6-8-19(10-9-18)25(22,23)15-13(3)16-17(5)14(15)4/h12H,6-11H2,1-5H3. The van der Waals surface area contributed by atoms with Crippen LogP contribution in [0.15, 0.2) is 4.90 Å². The maximum Gasteiger partial charge on any atom is 0.246 e. The zero-order valence-electron chi connectivity index (χ0n) is 15.6. The predicted molar refractivity (Wildman–Crippen MR) is 96.3 cm³/mol. The van der Waals surface area contributed by atoms with Crippen LogP contribution in [0, 0.1) is 19.8 Å². The summed E-state index contributed by atoms with van der Waals surface area (Å²) in [5, 5.41) is 4.19. The lowest BCUT2D eigenvalue weighted by Crippen LogP contribution is -2.39. The topological polar surface area (TPSA) is 92.6 Å². The van der Waals surface area contributed by atoms with Gasteiger partial charge in [-0.05, 0) is 26.2 Å². The third-order valence-corrected chi connectivity index (χ3v) is 8.78. The quantitative estimate of drug-likeness (QED) is 0.736. The number of aromatic nitrogens is 2. The molecule has 1 saturated heterocycles. The number of nitrogens with zero attached hydrogens (tertiary/aromatic N) is 4. The summed E-state index contributed by atoms with van der Waals surface area (Å²) in [6.07, 6.45) is 0.481. The molecule has 0 aliphatic carbocycles. The number of hydrogen-bond donors (Lipinski definition) is 0. The van der Waals surface area contributed by atoms with E-state index in [0.29, 0.717) is 30.9 Å². The van der Waals surface area contributed by atoms with Gasteiger partial charge in [0.25, 0.3) is 0 Å². The third-order valence-electron chi connectivity index (χ3n) is 4.39. The Labute approximate surface area is 150 Å². The molecule has 2 rings (SSSR count). The van der Waals surface area contributed by atoms with Crippen molar-refractivity contribution in [3.63, 3.8) is 0 Å². The van der Waals surface area contributed by atoms with Crippen LogP contribution in [0.1, 0.15) is 31.7 Å². The van der Waals surface area contributed by atoms with E-state index in [9.17, 15) is 16.8 Å². The Bertz CT molecular complexity index is 828. The van der Waals surface area contributed by atoms with Crippen molar-refractivity contribution in [2.45, 2.75) is 39.0 Å². The van der Waals surface area contributed by atoms with E-state index in [-0.39, 0.29) is 29.7 Å². The van der Waals surface area contributed by atoms with Gasteiger partial charge in [-0.15, -0.1) is 0 Å². The molecule has 0 spiro atoms. The van der Waals surface area contributed by atoms with Crippen LogP contribution in [-0.4, -0.2) is 67.2 Å². The van der Waals surface area contributed by atoms with Crippen molar-refractivity contribution in [1.82, 2.24) is 18.4 Å². The molecule has 0 amide bonds. The number of sulfonamides is 2. The Kier molecular flexibility index (Phi) is 5.97. The van der Waals surface area contributed by atoms with Crippen molar-refractivity contribution in [2.24, 2.45) is 13.0 Å². The molecule has 1 aromatic heterocycles. The van der Waals surface area contributed by atoms with Gasteiger partial charge in [0.15, 0.2) is 0 Å². The molecule has 0 saturated carbocycles. The van der Waals surface area contributed by atoms with Crippen LogP contribution in [0.4, 0.5) is 0 Å². The summed E-state index contributed by atoms with van der Waals surface area (Å²) in [6, 6.07) is 0. The summed E-state index contributed by atoms with van der Waals surface area (Å²) in [7, 11) is -5.33. The molecule has 10 heteroatoms. The molecule has 0 unspecified atom stereocenters. The van der Waals surface area contributed by atoms with Gasteiger partial charge < -0.3 is 0 Å². The minimum absolute atomic E-state index is 0.0359. The van der Waals surface area contributed by atoms with Gasteiger partial charge in [0.2, 0.25) is 20.0 Å². The molecule has 1 aliphatic rings. The summed E-state index contributed by atoms with van der Waals surface area (Å²) in [4.78, 5) is 0.230. The fourth-order valence-corrected chi connectivity index (χ4v) is 6.86. The minimum atomic E-state index is -3.69. The third kappa shape index (κ3) is 4.24. The second-order valence-electron chi connectivity index (χ2n) is 6.95. The normalized spacial score (nSPS) is 18.6. The lowest BCUT2D eigenvalue weighted by molar-refractivity contribution is 0.402. The fraction of sp³-hybridized carbons (Fsp3) is 0.800. The molecule has 2 heterocycles. The smallest absolute Gasteiger partial charge is 0.246 e. The molecular weight excluding hydrogens is 364 g/mol. The lowest BCUT2D eigenvalue weighted by atomic mass is 10.3. The van der Waals surface area contributed by atoms with Gasteiger partial charge in [0.05, 0.1) is 17.1 Å². The zero-order valence-corrected chi connectivity index (χ0v) is 17.2. The van der Waals surface area contributed by atoms with Crippen molar-refractivity contribution < 1.29 is 16.8 Å². The summed E-state index contributed by atoms with van der Waals surface area (Å²) >= 11 is 0. The molecule has 1 aliphatic heterocycles. The van der Waals surface area contributed by atoms with Gasteiger partial charge in [-0.1, -0.05) is 13.8 Å².